The SMILES string of the molecule is c1ccc([As]2c3cscc3-c3cscc32)cc1. The molecule has 0 atom stereocenters. The van der Waals surface area contributed by atoms with Gasteiger partial charge < -0.3 is 0 Å². The molecule has 0 radical (unpaired) electrons. The zero-order chi connectivity index (χ0) is 11.2. The summed E-state index contributed by atoms with van der Waals surface area (Å²) in [4.78, 5) is 0. The Hall–Kier alpha value is -0.822. The van der Waals surface area contributed by atoms with Crippen LogP contribution in [0.1, 0.15) is 0 Å². The number of thiophene rings is 2. The van der Waals surface area contributed by atoms with E-state index in [0.29, 0.717) is 0 Å². The topological polar surface area (TPSA) is 0 Å². The molecule has 0 bridgehead atoms. The molecule has 0 nitrogen and oxygen atoms in total. The van der Waals surface area contributed by atoms with Crippen molar-refractivity contribution in [2.45, 2.75) is 0 Å². The molecule has 0 saturated heterocycles. The van der Waals surface area contributed by atoms with Gasteiger partial charge in [-0.15, -0.1) is 0 Å². The summed E-state index contributed by atoms with van der Waals surface area (Å²) in [6.45, 7) is 0. The third-order valence-electron chi connectivity index (χ3n) is 3.07. The van der Waals surface area contributed by atoms with Crippen LogP contribution >= 0.6 is 22.7 Å². The van der Waals surface area contributed by atoms with E-state index in [0.717, 1.165) is 0 Å². The number of hydrogen-bond acceptors (Lipinski definition) is 2. The quantitative estimate of drug-likeness (QED) is 0.473. The Morgan fingerprint density at radius 3 is 1.88 bits per heavy atom. The second-order valence-electron chi connectivity index (χ2n) is 4.01. The van der Waals surface area contributed by atoms with E-state index in [-0.39, 0.29) is 0 Å². The molecule has 1 aliphatic rings. The third kappa shape index (κ3) is 1.41. The molecular weight excluding hydrogens is 307 g/mol. The van der Waals surface area contributed by atoms with Crippen molar-refractivity contribution in [3.8, 4) is 11.1 Å². The molecule has 3 aromatic rings. The van der Waals surface area contributed by atoms with Crippen LogP contribution in [0, 0.1) is 0 Å². The first-order valence-corrected chi connectivity index (χ1v) is 10.1. The number of fused-ring (bicyclic) bond motifs is 3. The first kappa shape index (κ1) is 10.1. The van der Waals surface area contributed by atoms with Crippen molar-refractivity contribution in [1.82, 2.24) is 0 Å². The van der Waals surface area contributed by atoms with E-state index in [1.807, 2.05) is 22.7 Å². The summed E-state index contributed by atoms with van der Waals surface area (Å²) >= 11 is 2.50. The van der Waals surface area contributed by atoms with Crippen molar-refractivity contribution < 1.29 is 0 Å². The van der Waals surface area contributed by atoms with E-state index in [1.54, 1.807) is 13.1 Å². The summed E-state index contributed by atoms with van der Waals surface area (Å²) in [5, 5.41) is 9.37. The van der Waals surface area contributed by atoms with Crippen LogP contribution in [0.2, 0.25) is 0 Å². The summed E-state index contributed by atoms with van der Waals surface area (Å²) in [6.07, 6.45) is 0. The minimum atomic E-state index is -1.19. The molecular formula is C14H9AsS2. The van der Waals surface area contributed by atoms with Crippen LogP contribution in [-0.4, -0.2) is 14.7 Å². The van der Waals surface area contributed by atoms with E-state index in [4.69, 9.17) is 0 Å². The van der Waals surface area contributed by atoms with Gasteiger partial charge in [0.1, 0.15) is 0 Å². The number of rotatable bonds is 1. The standard InChI is InChI=1S/C14H9AsS2/c1-2-4-10(5-3-1)15-13-8-16-6-11(13)12-7-17-9-14(12)15/h1-9H. The van der Waals surface area contributed by atoms with Crippen LogP contribution in [0.4, 0.5) is 0 Å². The van der Waals surface area contributed by atoms with Crippen molar-refractivity contribution in [3.05, 3.63) is 51.9 Å². The van der Waals surface area contributed by atoms with E-state index >= 15 is 0 Å². The fourth-order valence-electron chi connectivity index (χ4n) is 2.31. The summed E-state index contributed by atoms with van der Waals surface area (Å²) < 4.78 is 4.81. The molecule has 0 N–H and O–H groups in total. The van der Waals surface area contributed by atoms with Crippen molar-refractivity contribution in [2.75, 3.05) is 0 Å². The van der Waals surface area contributed by atoms with Crippen LogP contribution in [0.15, 0.2) is 51.9 Å². The van der Waals surface area contributed by atoms with Gasteiger partial charge in [0.05, 0.1) is 0 Å². The van der Waals surface area contributed by atoms with Gasteiger partial charge in [0.2, 0.25) is 0 Å². The van der Waals surface area contributed by atoms with E-state index in [1.165, 1.54) is 11.1 Å². The fraction of sp³-hybridized carbons (Fsp3) is 0. The number of benzene rings is 1. The van der Waals surface area contributed by atoms with Gasteiger partial charge in [0, 0.05) is 0 Å². The van der Waals surface area contributed by atoms with Gasteiger partial charge in [-0.2, -0.15) is 0 Å². The Balaban J connectivity index is 1.99. The van der Waals surface area contributed by atoms with Gasteiger partial charge in [-0.1, -0.05) is 0 Å². The van der Waals surface area contributed by atoms with Crippen molar-refractivity contribution >= 4 is 50.4 Å². The minimum absolute atomic E-state index is 1.19. The maximum atomic E-state index is 2.37. The molecule has 1 aliphatic heterocycles. The summed E-state index contributed by atoms with van der Waals surface area (Å²) in [5.74, 6) is 0. The molecule has 1 aromatic carbocycles. The maximum absolute atomic E-state index is 2.37. The Kier molecular flexibility index (Phi) is 2.29. The van der Waals surface area contributed by atoms with Crippen LogP contribution in [0.3, 0.4) is 0 Å². The molecule has 0 unspecified atom stereocenters. The molecule has 0 saturated carbocycles. The predicted octanol–water partition coefficient (Wildman–Crippen LogP) is 2.31. The average Bonchev–Trinajstić information content (AvgIpc) is 3.01. The normalized spacial score (nSPS) is 13.6. The Morgan fingerprint density at radius 2 is 1.29 bits per heavy atom. The molecule has 0 fully saturated rings. The van der Waals surface area contributed by atoms with Crippen LogP contribution in [-0.2, 0) is 0 Å². The molecule has 0 amide bonds. The molecule has 82 valence electrons. The van der Waals surface area contributed by atoms with Crippen molar-refractivity contribution in [2.24, 2.45) is 0 Å². The molecule has 4 rings (SSSR count). The van der Waals surface area contributed by atoms with Crippen molar-refractivity contribution in [3.63, 3.8) is 0 Å². The predicted molar refractivity (Wildman–Crippen MR) is 78.7 cm³/mol. The Morgan fingerprint density at radius 1 is 0.706 bits per heavy atom. The van der Waals surface area contributed by atoms with E-state index in [2.05, 4.69) is 51.9 Å². The summed E-state index contributed by atoms with van der Waals surface area (Å²) in [7, 11) is 0. The van der Waals surface area contributed by atoms with Gasteiger partial charge in [-0.05, 0) is 0 Å². The monoisotopic (exact) mass is 316 g/mol. The number of hydrogen-bond donors (Lipinski definition) is 0. The molecule has 17 heavy (non-hydrogen) atoms. The van der Waals surface area contributed by atoms with Crippen molar-refractivity contribution in [1.29, 1.82) is 0 Å². The van der Waals surface area contributed by atoms with Crippen LogP contribution in [0.5, 0.6) is 0 Å². The summed E-state index contributed by atoms with van der Waals surface area (Å²) in [6, 6.07) is 11.0. The van der Waals surface area contributed by atoms with Gasteiger partial charge in [0.25, 0.3) is 0 Å². The van der Waals surface area contributed by atoms with E-state index in [9.17, 15) is 0 Å². The molecule has 0 spiro atoms. The zero-order valence-electron chi connectivity index (χ0n) is 8.96. The summed E-state index contributed by atoms with van der Waals surface area (Å²) in [5.41, 5.74) is 3.02. The van der Waals surface area contributed by atoms with Crippen LogP contribution < -0.4 is 13.1 Å². The first-order chi connectivity index (χ1) is 8.45. The van der Waals surface area contributed by atoms with E-state index < -0.39 is 14.7 Å². The zero-order valence-corrected chi connectivity index (χ0v) is 12.5. The Bertz CT molecular complexity index is 626. The molecule has 3 heterocycles. The van der Waals surface area contributed by atoms with Gasteiger partial charge in [-0.3, -0.25) is 0 Å². The van der Waals surface area contributed by atoms with Gasteiger partial charge in [0.15, 0.2) is 0 Å². The van der Waals surface area contributed by atoms with Gasteiger partial charge >= 0.3 is 113 Å². The third-order valence-corrected chi connectivity index (χ3v) is 10.6. The second kappa shape index (κ2) is 3.84. The fourth-order valence-corrected chi connectivity index (χ4v) is 10.9. The molecule has 0 aliphatic carbocycles. The van der Waals surface area contributed by atoms with Crippen LogP contribution in [0.25, 0.3) is 11.1 Å². The average molecular weight is 316 g/mol. The molecule has 2 aromatic heterocycles. The second-order valence-corrected chi connectivity index (χ2v) is 10.0. The first-order valence-electron chi connectivity index (χ1n) is 5.43. The van der Waals surface area contributed by atoms with Gasteiger partial charge in [-0.25, -0.2) is 0 Å². The Labute approximate surface area is 113 Å². The molecule has 3 heteroatoms.